The van der Waals surface area contributed by atoms with Crippen molar-refractivity contribution in [3.8, 4) is 0 Å². The molecule has 0 aliphatic carbocycles. The van der Waals surface area contributed by atoms with Gasteiger partial charge in [-0.1, -0.05) is 0 Å². The lowest BCUT2D eigenvalue weighted by Crippen LogP contribution is -2.47. The number of quaternary nitrogens is 5. The van der Waals surface area contributed by atoms with Gasteiger partial charge >= 0.3 is 0 Å². The van der Waals surface area contributed by atoms with E-state index in [4.69, 9.17) is 0 Å². The first-order valence-corrected chi connectivity index (χ1v) is 20.5. The Labute approximate surface area is 318 Å². The lowest BCUT2D eigenvalue weighted by molar-refractivity contribution is -0.921. The SMILES string of the molecule is CC[N+](CC)(CC)CC.CC[N+](CC)(CC)CC.CC[N+](CC)(CC)CC.CC[N+](CC)(CC)CC.CC[N+](CC)(CC)CC.[OH-].[OH-].[OH-].[OH-].[OH-]. The molecular formula is C40H105N5O5. The normalized spacial score (nSPS) is 10.8. The molecule has 0 aliphatic rings. The van der Waals surface area contributed by atoms with Crippen LogP contribution in [0, 0.1) is 0 Å². The van der Waals surface area contributed by atoms with Gasteiger partial charge in [0.05, 0.1) is 131 Å². The van der Waals surface area contributed by atoms with E-state index in [-0.39, 0.29) is 27.4 Å². The lowest BCUT2D eigenvalue weighted by Gasteiger charge is -2.34. The van der Waals surface area contributed by atoms with Crippen LogP contribution >= 0.6 is 0 Å². The van der Waals surface area contributed by atoms with Crippen molar-refractivity contribution in [1.82, 2.24) is 0 Å². The van der Waals surface area contributed by atoms with Crippen LogP contribution in [-0.2, 0) is 0 Å². The highest BCUT2D eigenvalue weighted by atomic mass is 16.0. The van der Waals surface area contributed by atoms with E-state index in [9.17, 15) is 0 Å². The maximum atomic E-state index is 2.27. The van der Waals surface area contributed by atoms with Crippen LogP contribution in [0.15, 0.2) is 0 Å². The molecule has 0 aromatic heterocycles. The maximum Gasteiger partial charge on any atom is 0.0757 e. The highest BCUT2D eigenvalue weighted by Crippen LogP contribution is 2.06. The van der Waals surface area contributed by atoms with Gasteiger partial charge in [-0.15, -0.1) is 0 Å². The molecule has 0 atom stereocenters. The van der Waals surface area contributed by atoms with E-state index in [2.05, 4.69) is 138 Å². The summed E-state index contributed by atoms with van der Waals surface area (Å²) in [7, 11) is 0. The molecule has 0 bridgehead atoms. The summed E-state index contributed by atoms with van der Waals surface area (Å²) in [5.41, 5.74) is 0. The molecule has 0 saturated carbocycles. The van der Waals surface area contributed by atoms with Gasteiger partial charge in [-0.05, 0) is 138 Å². The highest BCUT2D eigenvalue weighted by molar-refractivity contribution is 4.34. The zero-order chi connectivity index (χ0) is 36.6. The summed E-state index contributed by atoms with van der Waals surface area (Å²) in [6, 6.07) is 0. The third-order valence-electron chi connectivity index (χ3n) is 13.4. The highest BCUT2D eigenvalue weighted by Gasteiger charge is 2.19. The minimum absolute atomic E-state index is 0. The fourth-order valence-electron chi connectivity index (χ4n) is 6.71. The molecule has 0 fully saturated rings. The summed E-state index contributed by atoms with van der Waals surface area (Å²) in [6.07, 6.45) is 0. The first-order chi connectivity index (χ1) is 21.2. The molecule has 0 unspecified atom stereocenters. The van der Waals surface area contributed by atoms with Crippen LogP contribution in [0.5, 0.6) is 0 Å². The van der Waals surface area contributed by atoms with Gasteiger partial charge in [-0.2, -0.15) is 0 Å². The molecule has 0 rings (SSSR count). The van der Waals surface area contributed by atoms with Crippen LogP contribution in [0.25, 0.3) is 0 Å². The molecule has 0 aromatic rings. The minimum Gasteiger partial charge on any atom is -0.870 e. The monoisotopic (exact) mass is 736 g/mol. The first-order valence-electron chi connectivity index (χ1n) is 20.5. The Morgan fingerprint density at radius 2 is 0.180 bits per heavy atom. The summed E-state index contributed by atoms with van der Waals surface area (Å²) in [5, 5.41) is 0. The van der Waals surface area contributed by atoms with Crippen molar-refractivity contribution in [3.63, 3.8) is 0 Å². The zero-order valence-corrected chi connectivity index (χ0v) is 38.6. The van der Waals surface area contributed by atoms with Crippen LogP contribution in [0.1, 0.15) is 138 Å². The van der Waals surface area contributed by atoms with E-state index in [0.717, 1.165) is 0 Å². The molecule has 0 aliphatic heterocycles. The predicted octanol–water partition coefficient (Wildman–Crippen LogP) is 8.53. The number of hydrogen-bond acceptors (Lipinski definition) is 5. The second kappa shape index (κ2) is 44.8. The van der Waals surface area contributed by atoms with E-state index < -0.39 is 0 Å². The van der Waals surface area contributed by atoms with Crippen molar-refractivity contribution in [2.45, 2.75) is 138 Å². The maximum absolute atomic E-state index is 2.27. The van der Waals surface area contributed by atoms with Crippen LogP contribution in [-0.4, -0.2) is 181 Å². The second-order valence-corrected chi connectivity index (χ2v) is 13.0. The Morgan fingerprint density at radius 3 is 0.180 bits per heavy atom. The van der Waals surface area contributed by atoms with Crippen LogP contribution in [0.2, 0.25) is 0 Å². The van der Waals surface area contributed by atoms with Crippen molar-refractivity contribution in [2.24, 2.45) is 0 Å². The number of hydrogen-bond donors (Lipinski definition) is 0. The Balaban J connectivity index is -0.0000000488. The molecule has 0 radical (unpaired) electrons. The molecule has 0 saturated heterocycles. The first kappa shape index (κ1) is 74.7. The average Bonchev–Trinajstić information content (AvgIpc) is 3.12. The summed E-state index contributed by atoms with van der Waals surface area (Å²) < 4.78 is 6.39. The van der Waals surface area contributed by atoms with Crippen LogP contribution in [0.4, 0.5) is 0 Å². The fourth-order valence-corrected chi connectivity index (χ4v) is 6.71. The van der Waals surface area contributed by atoms with E-state index in [1.54, 1.807) is 0 Å². The molecular weight excluding hydrogens is 630 g/mol. The van der Waals surface area contributed by atoms with Crippen molar-refractivity contribution in [2.75, 3.05) is 131 Å². The van der Waals surface area contributed by atoms with Crippen LogP contribution < -0.4 is 0 Å². The Morgan fingerprint density at radius 1 is 0.140 bits per heavy atom. The van der Waals surface area contributed by atoms with E-state index in [1.165, 1.54) is 153 Å². The molecule has 10 nitrogen and oxygen atoms in total. The molecule has 320 valence electrons. The van der Waals surface area contributed by atoms with Crippen molar-refractivity contribution in [1.29, 1.82) is 0 Å². The van der Waals surface area contributed by atoms with Crippen molar-refractivity contribution < 1.29 is 49.8 Å². The Hall–Kier alpha value is -0.400. The van der Waals surface area contributed by atoms with Gasteiger partial charge in [0.1, 0.15) is 0 Å². The van der Waals surface area contributed by atoms with E-state index >= 15 is 0 Å². The molecule has 0 heterocycles. The van der Waals surface area contributed by atoms with Crippen molar-refractivity contribution in [3.05, 3.63) is 0 Å². The fraction of sp³-hybridized carbons (Fsp3) is 1.00. The molecule has 5 N–H and O–H groups in total. The molecule has 0 spiro atoms. The largest absolute Gasteiger partial charge is 0.870 e. The van der Waals surface area contributed by atoms with Gasteiger partial charge in [-0.3, -0.25) is 0 Å². The lowest BCUT2D eigenvalue weighted by atomic mass is 10.3. The third kappa shape index (κ3) is 29.1. The Bertz CT molecular complexity index is 377. The topological polar surface area (TPSA) is 150 Å². The minimum atomic E-state index is 0. The number of nitrogens with zero attached hydrogens (tertiary/aromatic N) is 5. The smallest absolute Gasteiger partial charge is 0.0757 e. The molecule has 0 amide bonds. The average molecular weight is 736 g/mol. The summed E-state index contributed by atoms with van der Waals surface area (Å²) in [4.78, 5) is 0. The van der Waals surface area contributed by atoms with Gasteiger partial charge in [0.15, 0.2) is 0 Å². The second-order valence-electron chi connectivity index (χ2n) is 13.0. The standard InChI is InChI=1S/5C8H20N.5H2O/c5*1-5-9(6-2,7-3)8-4;;;;;/h5*5-8H2,1-4H3;5*1H2/q5*+1;;;;;/p-5. The molecule has 50 heavy (non-hydrogen) atoms. The van der Waals surface area contributed by atoms with Gasteiger partial charge in [0, 0.05) is 0 Å². The Kier molecular flexibility index (Phi) is 66.9. The van der Waals surface area contributed by atoms with Crippen LogP contribution in [0.3, 0.4) is 0 Å². The summed E-state index contributed by atoms with van der Waals surface area (Å²) in [5.74, 6) is 0. The molecule has 10 heteroatoms. The van der Waals surface area contributed by atoms with Gasteiger partial charge in [-0.25, -0.2) is 0 Å². The summed E-state index contributed by atoms with van der Waals surface area (Å²) in [6.45, 7) is 71.1. The third-order valence-corrected chi connectivity index (χ3v) is 13.4. The van der Waals surface area contributed by atoms with Gasteiger partial charge in [0.2, 0.25) is 0 Å². The summed E-state index contributed by atoms with van der Waals surface area (Å²) >= 11 is 0. The van der Waals surface area contributed by atoms with E-state index in [1.807, 2.05) is 0 Å². The van der Waals surface area contributed by atoms with E-state index in [0.29, 0.717) is 0 Å². The quantitative estimate of drug-likeness (QED) is 0.115. The number of rotatable bonds is 20. The van der Waals surface area contributed by atoms with Crippen molar-refractivity contribution >= 4 is 0 Å². The molecule has 0 aromatic carbocycles. The van der Waals surface area contributed by atoms with Gasteiger partial charge < -0.3 is 49.8 Å². The zero-order valence-electron chi connectivity index (χ0n) is 38.6. The van der Waals surface area contributed by atoms with Gasteiger partial charge in [0.25, 0.3) is 0 Å². The predicted molar refractivity (Wildman–Crippen MR) is 222 cm³/mol.